The SMILES string of the molecule is CC(C)(C)NC(=O)[C@H](Cc1ccccc1)N(Cc1ccc(Br)cc1)C(=O)CN(c1ccc(Cl)c(C(F)(F)F)c1)S(C)(=O)=O. The molecule has 2 amide bonds. The van der Waals surface area contributed by atoms with E-state index >= 15 is 0 Å². The van der Waals surface area contributed by atoms with Gasteiger partial charge < -0.3 is 10.2 Å². The normalized spacial score (nSPS) is 12.9. The van der Waals surface area contributed by atoms with Crippen LogP contribution in [0.15, 0.2) is 77.3 Å². The average Bonchev–Trinajstić information content (AvgIpc) is 2.89. The van der Waals surface area contributed by atoms with Crippen molar-refractivity contribution in [1.82, 2.24) is 10.2 Å². The molecule has 0 saturated heterocycles. The number of amides is 2. The molecule has 0 aromatic heterocycles. The Morgan fingerprint density at radius 3 is 2.09 bits per heavy atom. The summed E-state index contributed by atoms with van der Waals surface area (Å²) in [5, 5.41) is 2.29. The maximum atomic E-state index is 14.1. The van der Waals surface area contributed by atoms with Crippen molar-refractivity contribution in [3.63, 3.8) is 0 Å². The van der Waals surface area contributed by atoms with Crippen LogP contribution in [0, 0.1) is 0 Å². The van der Waals surface area contributed by atoms with Crippen LogP contribution in [0.1, 0.15) is 37.5 Å². The van der Waals surface area contributed by atoms with Crippen LogP contribution in [0.3, 0.4) is 0 Å². The van der Waals surface area contributed by atoms with Crippen molar-refractivity contribution in [2.45, 2.75) is 51.5 Å². The van der Waals surface area contributed by atoms with Crippen LogP contribution in [-0.4, -0.2) is 49.5 Å². The minimum atomic E-state index is -4.86. The summed E-state index contributed by atoms with van der Waals surface area (Å²) in [5.41, 5.74) is -0.900. The second-order valence-corrected chi connectivity index (χ2v) is 14.3. The molecule has 0 heterocycles. The summed E-state index contributed by atoms with van der Waals surface area (Å²) in [5.74, 6) is -1.26. The lowest BCUT2D eigenvalue weighted by Gasteiger charge is -2.35. The Labute approximate surface area is 263 Å². The van der Waals surface area contributed by atoms with Crippen molar-refractivity contribution in [2.24, 2.45) is 0 Å². The molecular formula is C30H32BrClF3N3O4S. The molecule has 0 aliphatic rings. The lowest BCUT2D eigenvalue weighted by molar-refractivity contribution is -0.140. The molecule has 0 aliphatic heterocycles. The number of hydrogen-bond acceptors (Lipinski definition) is 4. The number of carbonyl (C=O) groups excluding carboxylic acids is 2. The molecule has 0 fully saturated rings. The first-order valence-electron chi connectivity index (χ1n) is 13.1. The molecule has 1 atom stereocenters. The van der Waals surface area contributed by atoms with Crippen LogP contribution in [0.4, 0.5) is 18.9 Å². The van der Waals surface area contributed by atoms with Gasteiger partial charge in [0.05, 0.1) is 22.5 Å². The van der Waals surface area contributed by atoms with Crippen molar-refractivity contribution < 1.29 is 31.2 Å². The molecule has 3 rings (SSSR count). The quantitative estimate of drug-likeness (QED) is 0.264. The lowest BCUT2D eigenvalue weighted by atomic mass is 10.0. The molecule has 0 radical (unpaired) electrons. The molecule has 3 aromatic carbocycles. The van der Waals surface area contributed by atoms with E-state index in [0.29, 0.717) is 15.9 Å². The van der Waals surface area contributed by atoms with Gasteiger partial charge in [0, 0.05) is 23.0 Å². The minimum Gasteiger partial charge on any atom is -0.350 e. The van der Waals surface area contributed by atoms with E-state index in [2.05, 4.69) is 21.2 Å². The maximum Gasteiger partial charge on any atom is 0.417 e. The summed E-state index contributed by atoms with van der Waals surface area (Å²) in [6.07, 6.45) is -3.97. The summed E-state index contributed by atoms with van der Waals surface area (Å²) in [6.45, 7) is 4.43. The highest BCUT2D eigenvalue weighted by atomic mass is 79.9. The van der Waals surface area contributed by atoms with E-state index in [0.717, 1.165) is 28.4 Å². The molecule has 0 aliphatic carbocycles. The zero-order valence-corrected chi connectivity index (χ0v) is 27.1. The monoisotopic (exact) mass is 701 g/mol. The molecule has 3 aromatic rings. The van der Waals surface area contributed by atoms with E-state index in [1.54, 1.807) is 69.3 Å². The third-order valence-electron chi connectivity index (χ3n) is 6.26. The Balaban J connectivity index is 2.11. The molecule has 43 heavy (non-hydrogen) atoms. The number of carbonyl (C=O) groups is 2. The third-order valence-corrected chi connectivity index (χ3v) is 8.26. The first kappa shape index (κ1) is 34.4. The van der Waals surface area contributed by atoms with Gasteiger partial charge in [-0.2, -0.15) is 13.2 Å². The third kappa shape index (κ3) is 9.97. The lowest BCUT2D eigenvalue weighted by Crippen LogP contribution is -2.56. The number of nitrogens with zero attached hydrogens (tertiary/aromatic N) is 2. The molecule has 13 heteroatoms. The van der Waals surface area contributed by atoms with Gasteiger partial charge in [-0.1, -0.05) is 70.0 Å². The molecule has 1 N–H and O–H groups in total. The Kier molecular flexibility index (Phi) is 11.0. The number of hydrogen-bond donors (Lipinski definition) is 1. The van der Waals surface area contributed by atoms with Crippen LogP contribution < -0.4 is 9.62 Å². The highest BCUT2D eigenvalue weighted by Crippen LogP contribution is 2.37. The number of alkyl halides is 3. The molecule has 0 saturated carbocycles. The van der Waals surface area contributed by atoms with E-state index in [9.17, 15) is 31.2 Å². The number of benzene rings is 3. The van der Waals surface area contributed by atoms with E-state index in [4.69, 9.17) is 11.6 Å². The Morgan fingerprint density at radius 1 is 0.953 bits per heavy atom. The zero-order chi connectivity index (χ0) is 32.2. The summed E-state index contributed by atoms with van der Waals surface area (Å²) >= 11 is 9.12. The molecule has 0 unspecified atom stereocenters. The van der Waals surface area contributed by atoms with Crippen molar-refractivity contribution in [3.05, 3.63) is 99.0 Å². The van der Waals surface area contributed by atoms with Gasteiger partial charge in [0.1, 0.15) is 12.6 Å². The second kappa shape index (κ2) is 13.7. The van der Waals surface area contributed by atoms with Crippen LogP contribution >= 0.6 is 27.5 Å². The number of rotatable bonds is 10. The number of halogens is 5. The van der Waals surface area contributed by atoms with Gasteiger partial charge in [-0.25, -0.2) is 8.42 Å². The van der Waals surface area contributed by atoms with Crippen molar-refractivity contribution in [2.75, 3.05) is 17.1 Å². The summed E-state index contributed by atoms with van der Waals surface area (Å²) in [6, 6.07) is 17.5. The summed E-state index contributed by atoms with van der Waals surface area (Å²) < 4.78 is 67.9. The first-order valence-corrected chi connectivity index (χ1v) is 16.1. The second-order valence-electron chi connectivity index (χ2n) is 11.0. The predicted octanol–water partition coefficient (Wildman–Crippen LogP) is 6.44. The number of sulfonamides is 1. The zero-order valence-electron chi connectivity index (χ0n) is 24.0. The number of nitrogens with one attached hydrogen (secondary N) is 1. The predicted molar refractivity (Wildman–Crippen MR) is 165 cm³/mol. The molecule has 0 spiro atoms. The van der Waals surface area contributed by atoms with Gasteiger partial charge >= 0.3 is 6.18 Å². The fourth-order valence-electron chi connectivity index (χ4n) is 4.29. The minimum absolute atomic E-state index is 0.0762. The van der Waals surface area contributed by atoms with Gasteiger partial charge in [0.2, 0.25) is 21.8 Å². The van der Waals surface area contributed by atoms with Crippen LogP contribution in [-0.2, 0) is 38.8 Å². The van der Waals surface area contributed by atoms with Crippen molar-refractivity contribution >= 4 is 55.1 Å². The average molecular weight is 703 g/mol. The molecule has 7 nitrogen and oxygen atoms in total. The van der Waals surface area contributed by atoms with Gasteiger partial charge in [0.15, 0.2) is 0 Å². The fourth-order valence-corrected chi connectivity index (χ4v) is 5.62. The Hall–Kier alpha value is -3.09. The standard InChI is InChI=1S/C30H32BrClF3N3O4S/c1-29(2,3)36-28(40)26(16-20-8-6-5-7-9-20)37(18-21-10-12-22(31)13-11-21)27(39)19-38(43(4,41)42)23-14-15-25(32)24(17-23)30(33,34)35/h5-15,17,26H,16,18-19H2,1-4H3,(H,36,40)/t26-/m0/s1. The van der Waals surface area contributed by atoms with E-state index in [1.807, 2.05) is 6.07 Å². The molecular weight excluding hydrogens is 671 g/mol. The summed E-state index contributed by atoms with van der Waals surface area (Å²) in [4.78, 5) is 29.1. The largest absolute Gasteiger partial charge is 0.417 e. The van der Waals surface area contributed by atoms with Crippen molar-refractivity contribution in [3.8, 4) is 0 Å². The van der Waals surface area contributed by atoms with Gasteiger partial charge in [-0.05, 0) is 62.2 Å². The smallest absolute Gasteiger partial charge is 0.350 e. The van der Waals surface area contributed by atoms with Gasteiger partial charge in [0.25, 0.3) is 0 Å². The van der Waals surface area contributed by atoms with Gasteiger partial charge in [-0.3, -0.25) is 13.9 Å². The van der Waals surface area contributed by atoms with Crippen molar-refractivity contribution in [1.29, 1.82) is 0 Å². The maximum absolute atomic E-state index is 14.1. The summed E-state index contributed by atoms with van der Waals surface area (Å²) in [7, 11) is -4.27. The Morgan fingerprint density at radius 2 is 1.56 bits per heavy atom. The topological polar surface area (TPSA) is 86.8 Å². The Bertz CT molecular complexity index is 1550. The van der Waals surface area contributed by atoms with E-state index in [1.165, 1.54) is 4.90 Å². The van der Waals surface area contributed by atoms with Crippen LogP contribution in [0.5, 0.6) is 0 Å². The molecule has 232 valence electrons. The van der Waals surface area contributed by atoms with Crippen LogP contribution in [0.25, 0.3) is 0 Å². The number of anilines is 1. The highest BCUT2D eigenvalue weighted by Gasteiger charge is 2.37. The van der Waals surface area contributed by atoms with Crippen LogP contribution in [0.2, 0.25) is 5.02 Å². The van der Waals surface area contributed by atoms with E-state index < -0.39 is 62.4 Å². The fraction of sp³-hybridized carbons (Fsp3) is 0.333. The van der Waals surface area contributed by atoms with Gasteiger partial charge in [-0.15, -0.1) is 0 Å². The highest BCUT2D eigenvalue weighted by molar-refractivity contribution is 9.10. The van der Waals surface area contributed by atoms with E-state index in [-0.39, 0.29) is 13.0 Å². The molecule has 0 bridgehead atoms. The first-order chi connectivity index (χ1) is 19.8.